The van der Waals surface area contributed by atoms with Gasteiger partial charge < -0.3 is 9.80 Å². The Bertz CT molecular complexity index is 1060. The van der Waals surface area contributed by atoms with Crippen molar-refractivity contribution >= 4 is 38.9 Å². The summed E-state index contributed by atoms with van der Waals surface area (Å²) in [5.74, 6) is -0.420. The number of piperazine rings is 1. The number of carbonyl (C=O) groups is 1. The molecule has 0 N–H and O–H groups in total. The molecule has 0 saturated carbocycles. The van der Waals surface area contributed by atoms with Crippen LogP contribution in [0.3, 0.4) is 0 Å². The number of amides is 1. The van der Waals surface area contributed by atoms with Crippen LogP contribution >= 0.6 is 11.6 Å². The van der Waals surface area contributed by atoms with Crippen molar-refractivity contribution in [3.8, 4) is 0 Å². The van der Waals surface area contributed by atoms with E-state index in [1.807, 2.05) is 4.90 Å². The van der Waals surface area contributed by atoms with Gasteiger partial charge in [0.25, 0.3) is 5.91 Å². The van der Waals surface area contributed by atoms with Gasteiger partial charge in [0.1, 0.15) is 5.82 Å². The maximum atomic E-state index is 14.0. The molecule has 2 aliphatic rings. The number of hydrogen-bond acceptors (Lipinski definition) is 4. The predicted molar refractivity (Wildman–Crippen MR) is 116 cm³/mol. The summed E-state index contributed by atoms with van der Waals surface area (Å²) in [7, 11) is -3.38. The number of halogens is 2. The van der Waals surface area contributed by atoms with Crippen molar-refractivity contribution in [2.45, 2.75) is 12.8 Å². The second-order valence-corrected chi connectivity index (χ2v) is 9.91. The molecule has 160 valence electrons. The zero-order chi connectivity index (χ0) is 21.3. The largest absolute Gasteiger partial charge is 0.366 e. The molecule has 0 radical (unpaired) electrons. The lowest BCUT2D eigenvalue weighted by Gasteiger charge is -2.36. The van der Waals surface area contributed by atoms with Crippen molar-refractivity contribution < 1.29 is 17.6 Å². The van der Waals surface area contributed by atoms with Crippen LogP contribution in [-0.2, 0) is 10.0 Å². The van der Waals surface area contributed by atoms with Crippen LogP contribution in [0.25, 0.3) is 0 Å². The molecule has 0 atom stereocenters. The van der Waals surface area contributed by atoms with Crippen molar-refractivity contribution in [2.24, 2.45) is 0 Å². The zero-order valence-corrected chi connectivity index (χ0v) is 18.0. The quantitative estimate of drug-likeness (QED) is 0.717. The number of sulfonamides is 1. The predicted octanol–water partition coefficient (Wildman–Crippen LogP) is 3.37. The van der Waals surface area contributed by atoms with E-state index in [9.17, 15) is 17.6 Å². The summed E-state index contributed by atoms with van der Waals surface area (Å²) < 4.78 is 40.2. The van der Waals surface area contributed by atoms with E-state index in [0.717, 1.165) is 6.42 Å². The van der Waals surface area contributed by atoms with Crippen LogP contribution in [0.5, 0.6) is 0 Å². The van der Waals surface area contributed by atoms with E-state index in [0.29, 0.717) is 50.5 Å². The van der Waals surface area contributed by atoms with Gasteiger partial charge >= 0.3 is 0 Å². The normalized spacial score (nSPS) is 19.1. The number of benzene rings is 2. The summed E-state index contributed by atoms with van der Waals surface area (Å²) >= 11 is 6.29. The van der Waals surface area contributed by atoms with E-state index in [1.165, 1.54) is 10.4 Å². The first-order valence-electron chi connectivity index (χ1n) is 9.95. The van der Waals surface area contributed by atoms with Crippen molar-refractivity contribution in [1.82, 2.24) is 4.90 Å². The first kappa shape index (κ1) is 20.9. The Morgan fingerprint density at radius 1 is 0.967 bits per heavy atom. The second kappa shape index (κ2) is 8.43. The van der Waals surface area contributed by atoms with Gasteiger partial charge in [0.05, 0.1) is 27.7 Å². The Labute approximate surface area is 180 Å². The molecule has 9 heteroatoms. The summed E-state index contributed by atoms with van der Waals surface area (Å²) in [4.78, 5) is 16.7. The van der Waals surface area contributed by atoms with Crippen molar-refractivity contribution in [2.75, 3.05) is 47.7 Å². The van der Waals surface area contributed by atoms with Gasteiger partial charge in [-0.1, -0.05) is 23.7 Å². The Morgan fingerprint density at radius 3 is 2.40 bits per heavy atom. The molecule has 2 saturated heterocycles. The number of para-hydroxylation sites is 1. The smallest absolute Gasteiger partial charge is 0.255 e. The van der Waals surface area contributed by atoms with Crippen LogP contribution in [0, 0.1) is 5.82 Å². The summed E-state index contributed by atoms with van der Waals surface area (Å²) in [6.45, 7) is 2.26. The third-order valence-corrected chi connectivity index (χ3v) is 7.78. The number of hydrogen-bond donors (Lipinski definition) is 0. The molecule has 6 nitrogen and oxygen atoms in total. The lowest BCUT2D eigenvalue weighted by atomic mass is 10.1. The molecule has 1 amide bonds. The van der Waals surface area contributed by atoms with Crippen LogP contribution < -0.4 is 9.21 Å². The highest BCUT2D eigenvalue weighted by Gasteiger charge is 2.29. The fraction of sp³-hybridized carbons (Fsp3) is 0.381. The Balaban J connectivity index is 1.51. The average molecular weight is 452 g/mol. The Kier molecular flexibility index (Phi) is 5.88. The second-order valence-electron chi connectivity index (χ2n) is 7.49. The molecular weight excluding hydrogens is 429 g/mol. The highest BCUT2D eigenvalue weighted by molar-refractivity contribution is 7.92. The molecule has 2 fully saturated rings. The minimum atomic E-state index is -3.38. The van der Waals surface area contributed by atoms with Crippen molar-refractivity contribution in [3.05, 3.63) is 58.9 Å². The van der Waals surface area contributed by atoms with Gasteiger partial charge in [-0.3, -0.25) is 9.10 Å². The Hall–Kier alpha value is -2.32. The highest BCUT2D eigenvalue weighted by Crippen LogP contribution is 2.29. The minimum absolute atomic E-state index is 0.108. The molecule has 2 heterocycles. The lowest BCUT2D eigenvalue weighted by Crippen LogP contribution is -2.49. The zero-order valence-electron chi connectivity index (χ0n) is 16.4. The maximum Gasteiger partial charge on any atom is 0.255 e. The molecule has 2 aromatic rings. The van der Waals surface area contributed by atoms with Crippen LogP contribution in [0.1, 0.15) is 23.2 Å². The van der Waals surface area contributed by atoms with Gasteiger partial charge in [0, 0.05) is 32.7 Å². The molecule has 0 aliphatic carbocycles. The molecular formula is C21H23ClFN3O3S. The Morgan fingerprint density at radius 2 is 1.70 bits per heavy atom. The topological polar surface area (TPSA) is 60.9 Å². The monoisotopic (exact) mass is 451 g/mol. The molecule has 2 aromatic carbocycles. The van der Waals surface area contributed by atoms with E-state index in [2.05, 4.69) is 0 Å². The molecule has 2 aliphatic heterocycles. The first-order valence-corrected chi connectivity index (χ1v) is 11.9. The van der Waals surface area contributed by atoms with E-state index < -0.39 is 10.0 Å². The van der Waals surface area contributed by atoms with Crippen LogP contribution in [0.15, 0.2) is 42.5 Å². The van der Waals surface area contributed by atoms with E-state index in [-0.39, 0.29) is 28.1 Å². The highest BCUT2D eigenvalue weighted by atomic mass is 35.5. The standard InChI is InChI=1S/C21H23ClFN3O3S/c22-18-8-7-16(26-9-3-4-14-30(26,28)29)15-17(18)21(27)25-12-10-24(11-13-25)20-6-2-1-5-19(20)23/h1-2,5-8,15H,3-4,9-14H2. The van der Waals surface area contributed by atoms with Crippen molar-refractivity contribution in [3.63, 3.8) is 0 Å². The van der Waals surface area contributed by atoms with Crippen LogP contribution in [0.2, 0.25) is 5.02 Å². The fourth-order valence-corrected chi connectivity index (χ4v) is 5.77. The first-order chi connectivity index (χ1) is 14.4. The molecule has 4 rings (SSSR count). The third-order valence-electron chi connectivity index (χ3n) is 5.58. The summed E-state index contributed by atoms with van der Waals surface area (Å²) in [5.41, 5.74) is 1.28. The van der Waals surface area contributed by atoms with E-state index in [4.69, 9.17) is 11.6 Å². The number of rotatable bonds is 3. The van der Waals surface area contributed by atoms with Crippen LogP contribution in [-0.4, -0.2) is 57.7 Å². The maximum absolute atomic E-state index is 14.0. The summed E-state index contributed by atoms with van der Waals surface area (Å²) in [6.07, 6.45) is 1.42. The SMILES string of the molecule is O=C(c1cc(N2CCCCS2(=O)=O)ccc1Cl)N1CCN(c2ccccc2F)CC1. The third kappa shape index (κ3) is 4.11. The molecule has 0 spiro atoms. The van der Waals surface area contributed by atoms with E-state index >= 15 is 0 Å². The van der Waals surface area contributed by atoms with Gasteiger partial charge in [0.15, 0.2) is 0 Å². The van der Waals surface area contributed by atoms with Gasteiger partial charge in [-0.2, -0.15) is 0 Å². The number of nitrogens with zero attached hydrogens (tertiary/aromatic N) is 3. The molecule has 0 unspecified atom stereocenters. The minimum Gasteiger partial charge on any atom is -0.366 e. The van der Waals surface area contributed by atoms with E-state index in [1.54, 1.807) is 41.3 Å². The summed E-state index contributed by atoms with van der Waals surface area (Å²) in [6, 6.07) is 11.4. The van der Waals surface area contributed by atoms with Crippen LogP contribution in [0.4, 0.5) is 15.8 Å². The average Bonchev–Trinajstić information content (AvgIpc) is 2.74. The van der Waals surface area contributed by atoms with Gasteiger partial charge in [0.2, 0.25) is 10.0 Å². The van der Waals surface area contributed by atoms with Gasteiger partial charge in [-0.05, 0) is 43.2 Å². The fourth-order valence-electron chi connectivity index (χ4n) is 3.94. The number of anilines is 2. The summed E-state index contributed by atoms with van der Waals surface area (Å²) in [5, 5.41) is 0.287. The number of carbonyl (C=O) groups excluding carboxylic acids is 1. The molecule has 0 aromatic heterocycles. The molecule has 30 heavy (non-hydrogen) atoms. The van der Waals surface area contributed by atoms with Gasteiger partial charge in [-0.15, -0.1) is 0 Å². The van der Waals surface area contributed by atoms with Gasteiger partial charge in [-0.25, -0.2) is 12.8 Å². The van der Waals surface area contributed by atoms with Crippen molar-refractivity contribution in [1.29, 1.82) is 0 Å². The lowest BCUT2D eigenvalue weighted by molar-refractivity contribution is 0.0747. The molecule has 0 bridgehead atoms.